The van der Waals surface area contributed by atoms with E-state index < -0.39 is 0 Å². The molecule has 0 saturated heterocycles. The molecule has 1 heterocycles. The highest BCUT2D eigenvalue weighted by Gasteiger charge is 2.28. The molecule has 1 N–H and O–H groups in total. The molecule has 1 aliphatic carbocycles. The minimum Gasteiger partial charge on any atom is -0.373 e. The van der Waals surface area contributed by atoms with Crippen LogP contribution in [0.3, 0.4) is 0 Å². The van der Waals surface area contributed by atoms with E-state index >= 15 is 0 Å². The molecule has 0 unspecified atom stereocenters. The molecule has 0 atom stereocenters. The number of nitrogens with zero attached hydrogens (tertiary/aromatic N) is 2. The lowest BCUT2D eigenvalue weighted by Crippen LogP contribution is -2.04. The van der Waals surface area contributed by atoms with E-state index in [0.29, 0.717) is 5.92 Å². The van der Waals surface area contributed by atoms with Gasteiger partial charge in [0.25, 0.3) is 0 Å². The molecular weight excluding hydrogens is 302 g/mol. The Morgan fingerprint density at radius 2 is 2.05 bits per heavy atom. The van der Waals surface area contributed by atoms with Crippen molar-refractivity contribution in [3.8, 4) is 0 Å². The van der Waals surface area contributed by atoms with Gasteiger partial charge < -0.3 is 5.32 Å². The number of hydrogen-bond acceptors (Lipinski definition) is 4. The van der Waals surface area contributed by atoms with Gasteiger partial charge in [0.15, 0.2) is 0 Å². The van der Waals surface area contributed by atoms with Crippen LogP contribution in [0.4, 0.5) is 5.82 Å². The predicted molar refractivity (Wildman–Crippen MR) is 89.3 cm³/mol. The highest BCUT2D eigenvalue weighted by molar-refractivity contribution is 7.98. The van der Waals surface area contributed by atoms with Gasteiger partial charge in [0.05, 0.1) is 0 Å². The molecule has 2 aromatic rings. The lowest BCUT2D eigenvalue weighted by molar-refractivity contribution is 0.864. The van der Waals surface area contributed by atoms with Gasteiger partial charge in [-0.15, -0.1) is 11.8 Å². The highest BCUT2D eigenvalue weighted by Crippen LogP contribution is 2.40. The Kier molecular flexibility index (Phi) is 4.36. The summed E-state index contributed by atoms with van der Waals surface area (Å²) < 4.78 is 0. The summed E-state index contributed by atoms with van der Waals surface area (Å²) >= 11 is 7.95. The minimum atomic E-state index is 0.553. The van der Waals surface area contributed by atoms with Crippen molar-refractivity contribution in [3.63, 3.8) is 0 Å². The van der Waals surface area contributed by atoms with E-state index in [0.717, 1.165) is 38.6 Å². The number of halogens is 1. The fourth-order valence-corrected chi connectivity index (χ4v) is 3.48. The number of benzene rings is 1. The summed E-state index contributed by atoms with van der Waals surface area (Å²) in [6.07, 6.45) is 2.42. The van der Waals surface area contributed by atoms with Crippen LogP contribution >= 0.6 is 23.4 Å². The minimum absolute atomic E-state index is 0.553. The third-order valence-corrected chi connectivity index (χ3v) is 5.11. The van der Waals surface area contributed by atoms with Crippen LogP contribution in [0.5, 0.6) is 0 Å². The second-order valence-electron chi connectivity index (χ2n) is 5.26. The Balaban J connectivity index is 1.84. The van der Waals surface area contributed by atoms with Crippen LogP contribution in [0.15, 0.2) is 29.3 Å². The van der Waals surface area contributed by atoms with Crippen LogP contribution in [0.25, 0.3) is 0 Å². The van der Waals surface area contributed by atoms with E-state index in [1.54, 1.807) is 11.8 Å². The molecule has 1 aliphatic rings. The molecule has 0 spiro atoms. The molecule has 5 heteroatoms. The van der Waals surface area contributed by atoms with Crippen molar-refractivity contribution in [3.05, 3.63) is 46.2 Å². The van der Waals surface area contributed by atoms with Gasteiger partial charge in [-0.25, -0.2) is 9.97 Å². The summed E-state index contributed by atoms with van der Waals surface area (Å²) in [5.74, 6) is 3.29. The zero-order chi connectivity index (χ0) is 14.8. The summed E-state index contributed by atoms with van der Waals surface area (Å²) in [6.45, 7) is 2.07. The molecule has 21 heavy (non-hydrogen) atoms. The first kappa shape index (κ1) is 14.7. The number of rotatable bonds is 5. The van der Waals surface area contributed by atoms with E-state index in [-0.39, 0.29) is 0 Å². The molecule has 1 aromatic carbocycles. The SMILES string of the molecule is CNc1nc(C2CC2)nc(SCc2ccccc2Cl)c1C. The third kappa shape index (κ3) is 3.33. The van der Waals surface area contributed by atoms with Crippen LogP contribution in [-0.4, -0.2) is 17.0 Å². The molecule has 1 saturated carbocycles. The maximum Gasteiger partial charge on any atom is 0.135 e. The van der Waals surface area contributed by atoms with Gasteiger partial charge in [-0.2, -0.15) is 0 Å². The van der Waals surface area contributed by atoms with Gasteiger partial charge in [-0.3, -0.25) is 0 Å². The lowest BCUT2D eigenvalue weighted by atomic mass is 10.2. The first-order chi connectivity index (χ1) is 10.2. The van der Waals surface area contributed by atoms with Crippen LogP contribution < -0.4 is 5.32 Å². The Labute approximate surface area is 134 Å². The van der Waals surface area contributed by atoms with Gasteiger partial charge >= 0.3 is 0 Å². The number of thioether (sulfide) groups is 1. The van der Waals surface area contributed by atoms with Gasteiger partial charge in [0.2, 0.25) is 0 Å². The maximum absolute atomic E-state index is 6.22. The quantitative estimate of drug-likeness (QED) is 0.643. The van der Waals surface area contributed by atoms with Crippen LogP contribution in [-0.2, 0) is 5.75 Å². The van der Waals surface area contributed by atoms with E-state index in [1.165, 1.54) is 12.8 Å². The standard InChI is InChI=1S/C16H18ClN3S/c1-10-14(18-2)19-15(11-7-8-11)20-16(10)21-9-12-5-3-4-6-13(12)17/h3-6,11H,7-9H2,1-2H3,(H,18,19,20). The molecule has 0 aliphatic heterocycles. The molecule has 3 nitrogen and oxygen atoms in total. The Morgan fingerprint density at radius 1 is 1.29 bits per heavy atom. The van der Waals surface area contributed by atoms with Crippen LogP contribution in [0, 0.1) is 6.92 Å². The number of hydrogen-bond donors (Lipinski definition) is 1. The van der Waals surface area contributed by atoms with Gasteiger partial charge in [-0.1, -0.05) is 29.8 Å². The summed E-state index contributed by atoms with van der Waals surface area (Å²) in [7, 11) is 1.91. The van der Waals surface area contributed by atoms with Gasteiger partial charge in [-0.05, 0) is 31.4 Å². The summed E-state index contributed by atoms with van der Waals surface area (Å²) in [5.41, 5.74) is 2.25. The van der Waals surface area contributed by atoms with E-state index in [2.05, 4.69) is 23.3 Å². The van der Waals surface area contributed by atoms with E-state index in [9.17, 15) is 0 Å². The zero-order valence-corrected chi connectivity index (χ0v) is 13.8. The van der Waals surface area contributed by atoms with Crippen molar-refractivity contribution in [2.45, 2.75) is 36.5 Å². The van der Waals surface area contributed by atoms with Crippen molar-refractivity contribution < 1.29 is 0 Å². The monoisotopic (exact) mass is 319 g/mol. The number of nitrogens with one attached hydrogen (secondary N) is 1. The second kappa shape index (κ2) is 6.24. The van der Waals surface area contributed by atoms with E-state index in [4.69, 9.17) is 16.6 Å². The second-order valence-corrected chi connectivity index (χ2v) is 6.64. The van der Waals surface area contributed by atoms with Crippen molar-refractivity contribution >= 4 is 29.2 Å². The van der Waals surface area contributed by atoms with Crippen molar-refractivity contribution in [2.75, 3.05) is 12.4 Å². The Hall–Kier alpha value is -1.26. The highest BCUT2D eigenvalue weighted by atomic mass is 35.5. The van der Waals surface area contributed by atoms with Crippen molar-refractivity contribution in [1.29, 1.82) is 0 Å². The zero-order valence-electron chi connectivity index (χ0n) is 12.2. The number of aromatic nitrogens is 2. The maximum atomic E-state index is 6.22. The molecule has 0 bridgehead atoms. The summed E-state index contributed by atoms with van der Waals surface area (Å²) in [5, 5.41) is 5.04. The van der Waals surface area contributed by atoms with Gasteiger partial charge in [0.1, 0.15) is 16.7 Å². The van der Waals surface area contributed by atoms with Crippen LogP contribution in [0.2, 0.25) is 5.02 Å². The summed E-state index contributed by atoms with van der Waals surface area (Å²) in [4.78, 5) is 9.38. The van der Waals surface area contributed by atoms with Crippen molar-refractivity contribution in [1.82, 2.24) is 9.97 Å². The molecule has 0 amide bonds. The van der Waals surface area contributed by atoms with Crippen LogP contribution in [0.1, 0.15) is 35.7 Å². The topological polar surface area (TPSA) is 37.8 Å². The predicted octanol–water partition coefficient (Wildman–Crippen LogP) is 4.65. The Bertz CT molecular complexity index is 656. The average Bonchev–Trinajstić information content (AvgIpc) is 3.32. The third-order valence-electron chi connectivity index (χ3n) is 3.62. The first-order valence-corrected chi connectivity index (χ1v) is 8.48. The fraction of sp³-hybridized carbons (Fsp3) is 0.375. The molecule has 1 aromatic heterocycles. The molecule has 0 radical (unpaired) electrons. The smallest absolute Gasteiger partial charge is 0.135 e. The normalized spacial score (nSPS) is 14.2. The largest absolute Gasteiger partial charge is 0.373 e. The fourth-order valence-electron chi connectivity index (χ4n) is 2.18. The van der Waals surface area contributed by atoms with Gasteiger partial charge in [0, 0.05) is 29.3 Å². The summed E-state index contributed by atoms with van der Waals surface area (Å²) in [6, 6.07) is 7.96. The molecule has 110 valence electrons. The first-order valence-electron chi connectivity index (χ1n) is 7.11. The van der Waals surface area contributed by atoms with E-state index in [1.807, 2.05) is 25.2 Å². The molecule has 3 rings (SSSR count). The lowest BCUT2D eigenvalue weighted by Gasteiger charge is -2.12. The average molecular weight is 320 g/mol. The number of anilines is 1. The molecule has 1 fully saturated rings. The Morgan fingerprint density at radius 3 is 2.71 bits per heavy atom. The van der Waals surface area contributed by atoms with Crippen molar-refractivity contribution in [2.24, 2.45) is 0 Å². The molecular formula is C16H18ClN3S.